The van der Waals surface area contributed by atoms with E-state index in [4.69, 9.17) is 4.74 Å². The number of anilines is 1. The molecule has 1 N–H and O–H groups in total. The number of hydrogen-bond acceptors (Lipinski definition) is 3. The van der Waals surface area contributed by atoms with E-state index in [1.807, 2.05) is 0 Å². The first-order chi connectivity index (χ1) is 9.62. The van der Waals surface area contributed by atoms with E-state index in [1.54, 1.807) is 0 Å². The quantitative estimate of drug-likeness (QED) is 0.808. The Kier molecular flexibility index (Phi) is 5.44. The van der Waals surface area contributed by atoms with Gasteiger partial charge in [-0.2, -0.15) is 0 Å². The van der Waals surface area contributed by atoms with Gasteiger partial charge in [0.25, 0.3) is 0 Å². The van der Waals surface area contributed by atoms with Crippen LogP contribution in [-0.2, 0) is 11.3 Å². The summed E-state index contributed by atoms with van der Waals surface area (Å²) in [5.74, 6) is 0. The summed E-state index contributed by atoms with van der Waals surface area (Å²) in [6.07, 6.45) is 2.35. The second kappa shape index (κ2) is 7.09. The number of unbranched alkanes of at least 4 members (excludes halogenated alkanes) is 1. The van der Waals surface area contributed by atoms with Gasteiger partial charge in [-0.05, 0) is 31.9 Å². The molecule has 20 heavy (non-hydrogen) atoms. The highest BCUT2D eigenvalue weighted by Gasteiger charge is 2.26. The number of rotatable bonds is 6. The molecular formula is C17H28N2O. The van der Waals surface area contributed by atoms with Crippen LogP contribution in [0.3, 0.4) is 0 Å². The average Bonchev–Trinajstić information content (AvgIpc) is 2.56. The van der Waals surface area contributed by atoms with Gasteiger partial charge in [0.1, 0.15) is 0 Å². The second-order valence-electron chi connectivity index (χ2n) is 6.25. The molecule has 1 aromatic rings. The van der Waals surface area contributed by atoms with Crippen LogP contribution in [0.1, 0.15) is 39.2 Å². The maximum absolute atomic E-state index is 5.74. The fourth-order valence-electron chi connectivity index (χ4n) is 2.64. The lowest BCUT2D eigenvalue weighted by Crippen LogP contribution is -2.47. The molecule has 2 rings (SSSR count). The molecule has 0 saturated heterocycles. The Morgan fingerprint density at radius 1 is 1.25 bits per heavy atom. The first kappa shape index (κ1) is 15.3. The molecule has 1 aromatic carbocycles. The summed E-state index contributed by atoms with van der Waals surface area (Å²) in [5, 5.41) is 3.64. The highest BCUT2D eigenvalue weighted by atomic mass is 16.5. The van der Waals surface area contributed by atoms with Crippen LogP contribution in [0.2, 0.25) is 0 Å². The van der Waals surface area contributed by atoms with E-state index in [0.717, 1.165) is 39.3 Å². The molecule has 0 fully saturated rings. The van der Waals surface area contributed by atoms with Crippen molar-refractivity contribution in [3.8, 4) is 0 Å². The highest BCUT2D eigenvalue weighted by Crippen LogP contribution is 2.25. The molecule has 1 aliphatic rings. The zero-order valence-electron chi connectivity index (χ0n) is 13.1. The number of nitrogens with one attached hydrogen (secondary N) is 1. The van der Waals surface area contributed by atoms with Crippen molar-refractivity contribution < 1.29 is 4.74 Å². The summed E-state index contributed by atoms with van der Waals surface area (Å²) >= 11 is 0. The minimum absolute atomic E-state index is 0.127. The van der Waals surface area contributed by atoms with E-state index in [1.165, 1.54) is 17.7 Å². The monoisotopic (exact) mass is 276 g/mol. The first-order valence-corrected chi connectivity index (χ1v) is 7.78. The minimum atomic E-state index is 0.127. The normalized spacial score (nSPS) is 17.6. The molecule has 1 heterocycles. The van der Waals surface area contributed by atoms with Gasteiger partial charge in [0.2, 0.25) is 0 Å². The molecule has 0 saturated carbocycles. The average molecular weight is 276 g/mol. The number of fused-ring (bicyclic) bond motifs is 1. The Morgan fingerprint density at radius 2 is 2.05 bits per heavy atom. The van der Waals surface area contributed by atoms with E-state index in [2.05, 4.69) is 55.3 Å². The van der Waals surface area contributed by atoms with Crippen molar-refractivity contribution in [1.82, 2.24) is 5.32 Å². The van der Waals surface area contributed by atoms with E-state index in [0.29, 0.717) is 0 Å². The Bertz CT molecular complexity index is 417. The molecule has 0 unspecified atom stereocenters. The highest BCUT2D eigenvalue weighted by molar-refractivity contribution is 5.55. The first-order valence-electron chi connectivity index (χ1n) is 7.78. The van der Waals surface area contributed by atoms with Crippen LogP contribution in [0.4, 0.5) is 5.69 Å². The predicted octanol–water partition coefficient (Wildman–Crippen LogP) is 3.19. The third-order valence-corrected chi connectivity index (χ3v) is 3.82. The smallest absolute Gasteiger partial charge is 0.0641 e. The van der Waals surface area contributed by atoms with Gasteiger partial charge >= 0.3 is 0 Å². The Hall–Kier alpha value is -1.06. The zero-order valence-corrected chi connectivity index (χ0v) is 13.1. The largest absolute Gasteiger partial charge is 0.380 e. The fraction of sp³-hybridized carbons (Fsp3) is 0.647. The molecule has 0 amide bonds. The van der Waals surface area contributed by atoms with E-state index >= 15 is 0 Å². The molecule has 3 heteroatoms. The molecule has 0 aromatic heterocycles. The SMILES string of the molecule is CCCCOCCN1CC(C)(C)NCc2ccccc21. The van der Waals surface area contributed by atoms with Gasteiger partial charge in [0.15, 0.2) is 0 Å². The second-order valence-corrected chi connectivity index (χ2v) is 6.25. The number of para-hydroxylation sites is 1. The van der Waals surface area contributed by atoms with Gasteiger partial charge in [0.05, 0.1) is 6.61 Å². The van der Waals surface area contributed by atoms with Crippen LogP contribution >= 0.6 is 0 Å². The van der Waals surface area contributed by atoms with Crippen molar-refractivity contribution >= 4 is 5.69 Å². The minimum Gasteiger partial charge on any atom is -0.380 e. The van der Waals surface area contributed by atoms with Crippen molar-refractivity contribution in [1.29, 1.82) is 0 Å². The van der Waals surface area contributed by atoms with Gasteiger partial charge in [0, 0.05) is 37.5 Å². The molecule has 0 radical (unpaired) electrons. The van der Waals surface area contributed by atoms with Crippen LogP contribution in [0, 0.1) is 0 Å². The molecule has 112 valence electrons. The third-order valence-electron chi connectivity index (χ3n) is 3.82. The van der Waals surface area contributed by atoms with Gasteiger partial charge in [-0.1, -0.05) is 31.5 Å². The molecule has 0 spiro atoms. The molecular weight excluding hydrogens is 248 g/mol. The summed E-state index contributed by atoms with van der Waals surface area (Å²) < 4.78 is 5.74. The number of nitrogens with zero attached hydrogens (tertiary/aromatic N) is 1. The standard InChI is InChI=1S/C17H28N2O/c1-4-5-11-20-12-10-19-14-17(2,3)18-13-15-8-6-7-9-16(15)19/h6-9,18H,4-5,10-14H2,1-3H3. The van der Waals surface area contributed by atoms with Crippen molar-refractivity contribution in [3.05, 3.63) is 29.8 Å². The predicted molar refractivity (Wildman–Crippen MR) is 85.3 cm³/mol. The van der Waals surface area contributed by atoms with E-state index in [9.17, 15) is 0 Å². The molecule has 0 aliphatic carbocycles. The van der Waals surface area contributed by atoms with Gasteiger partial charge < -0.3 is 15.0 Å². The Labute approximate surface area is 123 Å². The summed E-state index contributed by atoms with van der Waals surface area (Å²) in [5.41, 5.74) is 2.86. The van der Waals surface area contributed by atoms with Crippen LogP contribution < -0.4 is 10.2 Å². The summed E-state index contributed by atoms with van der Waals surface area (Å²) in [6, 6.07) is 8.69. The van der Waals surface area contributed by atoms with Crippen molar-refractivity contribution in [3.63, 3.8) is 0 Å². The lowest BCUT2D eigenvalue weighted by atomic mass is 10.1. The summed E-state index contributed by atoms with van der Waals surface area (Å²) in [7, 11) is 0. The van der Waals surface area contributed by atoms with Crippen molar-refractivity contribution in [2.45, 2.75) is 45.7 Å². The number of hydrogen-bond donors (Lipinski definition) is 1. The van der Waals surface area contributed by atoms with Crippen LogP contribution in [-0.4, -0.2) is 31.8 Å². The summed E-state index contributed by atoms with van der Waals surface area (Å²) in [4.78, 5) is 2.46. The maximum atomic E-state index is 5.74. The number of benzene rings is 1. The molecule has 0 atom stereocenters. The van der Waals surface area contributed by atoms with Gasteiger partial charge in [-0.3, -0.25) is 0 Å². The maximum Gasteiger partial charge on any atom is 0.0641 e. The number of ether oxygens (including phenoxy) is 1. The third kappa shape index (κ3) is 4.22. The Morgan fingerprint density at radius 3 is 2.85 bits per heavy atom. The van der Waals surface area contributed by atoms with Gasteiger partial charge in [-0.25, -0.2) is 0 Å². The lowest BCUT2D eigenvalue weighted by molar-refractivity contribution is 0.136. The van der Waals surface area contributed by atoms with Gasteiger partial charge in [-0.15, -0.1) is 0 Å². The molecule has 3 nitrogen and oxygen atoms in total. The van der Waals surface area contributed by atoms with Crippen molar-refractivity contribution in [2.24, 2.45) is 0 Å². The van der Waals surface area contributed by atoms with E-state index in [-0.39, 0.29) is 5.54 Å². The zero-order chi connectivity index (χ0) is 14.4. The topological polar surface area (TPSA) is 24.5 Å². The Balaban J connectivity index is 2.00. The molecule has 0 bridgehead atoms. The van der Waals surface area contributed by atoms with Crippen molar-refractivity contribution in [2.75, 3.05) is 31.2 Å². The van der Waals surface area contributed by atoms with Crippen LogP contribution in [0.15, 0.2) is 24.3 Å². The summed E-state index contributed by atoms with van der Waals surface area (Å²) in [6.45, 7) is 11.3. The van der Waals surface area contributed by atoms with E-state index < -0.39 is 0 Å². The lowest BCUT2D eigenvalue weighted by Gasteiger charge is -2.32. The molecule has 1 aliphatic heterocycles. The van der Waals surface area contributed by atoms with Crippen LogP contribution in [0.25, 0.3) is 0 Å². The van der Waals surface area contributed by atoms with Crippen LogP contribution in [0.5, 0.6) is 0 Å². The fourth-order valence-corrected chi connectivity index (χ4v) is 2.64.